The van der Waals surface area contributed by atoms with Crippen LogP contribution in [0.25, 0.3) is 0 Å². The van der Waals surface area contributed by atoms with Gasteiger partial charge in [-0.15, -0.1) is 0 Å². The van der Waals surface area contributed by atoms with Crippen molar-refractivity contribution in [2.45, 2.75) is 6.10 Å². The van der Waals surface area contributed by atoms with E-state index in [-0.39, 0.29) is 12.5 Å². The number of nitrogens with one attached hydrogen (secondary N) is 1. The van der Waals surface area contributed by atoms with Crippen LogP contribution in [0.2, 0.25) is 10.0 Å². The van der Waals surface area contributed by atoms with E-state index in [4.69, 9.17) is 32.7 Å². The summed E-state index contributed by atoms with van der Waals surface area (Å²) in [5, 5.41) is 3.25. The summed E-state index contributed by atoms with van der Waals surface area (Å²) in [6, 6.07) is 1.48. The standard InChI is InChI=1S/C10H10Cl2N2O3/c11-6-3-9(13-4-7(6)12)14-10(15)8-5-16-1-2-17-8/h3-4,8H,1-2,5H2,(H,13,14,15)/t8-/m0/s1. The summed E-state index contributed by atoms with van der Waals surface area (Å²) in [7, 11) is 0. The van der Waals surface area contributed by atoms with Gasteiger partial charge in [0, 0.05) is 12.3 Å². The number of carbonyl (C=O) groups is 1. The molecule has 1 saturated heterocycles. The largest absolute Gasteiger partial charge is 0.376 e. The third-order valence-electron chi connectivity index (χ3n) is 2.17. The van der Waals surface area contributed by atoms with Gasteiger partial charge >= 0.3 is 0 Å². The molecule has 0 spiro atoms. The molecule has 0 saturated carbocycles. The first-order valence-electron chi connectivity index (χ1n) is 4.98. The number of ether oxygens (including phenoxy) is 2. The molecule has 0 bridgehead atoms. The van der Waals surface area contributed by atoms with Crippen LogP contribution in [0.15, 0.2) is 12.3 Å². The normalized spacial score (nSPS) is 20.0. The lowest BCUT2D eigenvalue weighted by atomic mass is 10.3. The number of halogens is 2. The minimum atomic E-state index is -0.611. The van der Waals surface area contributed by atoms with Crippen molar-refractivity contribution >= 4 is 34.9 Å². The topological polar surface area (TPSA) is 60.5 Å². The number of carbonyl (C=O) groups excluding carboxylic acids is 1. The molecule has 1 N–H and O–H groups in total. The van der Waals surface area contributed by atoms with Crippen LogP contribution in [0.1, 0.15) is 0 Å². The first-order valence-corrected chi connectivity index (χ1v) is 5.73. The summed E-state index contributed by atoms with van der Waals surface area (Å²) < 4.78 is 10.4. The van der Waals surface area contributed by atoms with E-state index in [1.807, 2.05) is 0 Å². The zero-order valence-electron chi connectivity index (χ0n) is 8.78. The predicted molar refractivity (Wildman–Crippen MR) is 63.4 cm³/mol. The van der Waals surface area contributed by atoms with Crippen LogP contribution in [0, 0.1) is 0 Å². The molecule has 2 heterocycles. The molecule has 1 amide bonds. The van der Waals surface area contributed by atoms with Gasteiger partial charge in [-0.3, -0.25) is 4.79 Å². The first-order chi connectivity index (χ1) is 8.16. The molecule has 0 aliphatic carbocycles. The quantitative estimate of drug-likeness (QED) is 0.894. The van der Waals surface area contributed by atoms with E-state index in [1.165, 1.54) is 12.3 Å². The highest BCUT2D eigenvalue weighted by atomic mass is 35.5. The average molecular weight is 277 g/mol. The Morgan fingerprint density at radius 1 is 1.41 bits per heavy atom. The van der Waals surface area contributed by atoms with E-state index in [2.05, 4.69) is 10.3 Å². The van der Waals surface area contributed by atoms with Gasteiger partial charge in [0.25, 0.3) is 5.91 Å². The molecule has 92 valence electrons. The molecule has 2 rings (SSSR count). The Hall–Kier alpha value is -0.880. The Morgan fingerprint density at radius 2 is 2.24 bits per heavy atom. The molecule has 1 aliphatic rings. The third kappa shape index (κ3) is 3.29. The molecule has 1 aromatic rings. The maximum Gasteiger partial charge on any atom is 0.257 e. The smallest absolute Gasteiger partial charge is 0.257 e. The lowest BCUT2D eigenvalue weighted by molar-refractivity contribution is -0.142. The van der Waals surface area contributed by atoms with Gasteiger partial charge in [-0.25, -0.2) is 4.98 Å². The summed E-state index contributed by atoms with van der Waals surface area (Å²) in [6.07, 6.45) is 0.762. The Morgan fingerprint density at radius 3 is 2.88 bits per heavy atom. The first kappa shape index (κ1) is 12.6. The number of hydrogen-bond donors (Lipinski definition) is 1. The summed E-state index contributed by atoms with van der Waals surface area (Å²) in [4.78, 5) is 15.7. The maximum absolute atomic E-state index is 11.7. The van der Waals surface area contributed by atoms with E-state index in [9.17, 15) is 4.79 Å². The van der Waals surface area contributed by atoms with Crippen molar-refractivity contribution in [3.8, 4) is 0 Å². The van der Waals surface area contributed by atoms with Crippen molar-refractivity contribution in [3.05, 3.63) is 22.3 Å². The molecule has 0 radical (unpaired) electrons. The number of hydrogen-bond acceptors (Lipinski definition) is 4. The summed E-state index contributed by atoms with van der Waals surface area (Å²) in [5.74, 6) is 0.0224. The number of rotatable bonds is 2. The molecule has 5 nitrogen and oxygen atoms in total. The van der Waals surface area contributed by atoms with Crippen molar-refractivity contribution in [1.29, 1.82) is 0 Å². The molecule has 1 aromatic heterocycles. The summed E-state index contributed by atoms with van der Waals surface area (Å²) in [6.45, 7) is 1.16. The SMILES string of the molecule is O=C(Nc1cc(Cl)c(Cl)cn1)[C@@H]1COCCO1. The summed E-state index contributed by atoms with van der Waals surface area (Å²) in [5.41, 5.74) is 0. The van der Waals surface area contributed by atoms with Gasteiger partial charge in [-0.1, -0.05) is 23.2 Å². The van der Waals surface area contributed by atoms with Crippen molar-refractivity contribution in [1.82, 2.24) is 4.98 Å². The minimum Gasteiger partial charge on any atom is -0.376 e. The lowest BCUT2D eigenvalue weighted by Crippen LogP contribution is -2.39. The van der Waals surface area contributed by atoms with E-state index < -0.39 is 6.10 Å². The Labute approximate surface area is 108 Å². The highest BCUT2D eigenvalue weighted by Gasteiger charge is 2.23. The van der Waals surface area contributed by atoms with Gasteiger partial charge in [0.05, 0.1) is 29.9 Å². The fourth-order valence-corrected chi connectivity index (χ4v) is 1.58. The van der Waals surface area contributed by atoms with Gasteiger partial charge in [0.15, 0.2) is 6.10 Å². The number of anilines is 1. The molecule has 17 heavy (non-hydrogen) atoms. The van der Waals surface area contributed by atoms with E-state index >= 15 is 0 Å². The monoisotopic (exact) mass is 276 g/mol. The van der Waals surface area contributed by atoms with Gasteiger partial charge in [-0.2, -0.15) is 0 Å². The second-order valence-electron chi connectivity index (χ2n) is 3.41. The van der Waals surface area contributed by atoms with Crippen molar-refractivity contribution in [3.63, 3.8) is 0 Å². The van der Waals surface area contributed by atoms with Gasteiger partial charge in [0.1, 0.15) is 5.82 Å². The van der Waals surface area contributed by atoms with Crippen LogP contribution < -0.4 is 5.32 Å². The van der Waals surface area contributed by atoms with Crippen LogP contribution in [0.4, 0.5) is 5.82 Å². The minimum absolute atomic E-state index is 0.243. The molecule has 1 atom stereocenters. The van der Waals surface area contributed by atoms with Crippen LogP contribution in [0.3, 0.4) is 0 Å². The Bertz CT molecular complexity index is 422. The second-order valence-corrected chi connectivity index (χ2v) is 4.22. The van der Waals surface area contributed by atoms with Gasteiger partial charge < -0.3 is 14.8 Å². The van der Waals surface area contributed by atoms with Crippen molar-refractivity contribution in [2.24, 2.45) is 0 Å². The lowest BCUT2D eigenvalue weighted by Gasteiger charge is -2.21. The maximum atomic E-state index is 11.7. The molecule has 1 aliphatic heterocycles. The fourth-order valence-electron chi connectivity index (χ4n) is 1.33. The van der Waals surface area contributed by atoms with Crippen LogP contribution in [-0.2, 0) is 14.3 Å². The fraction of sp³-hybridized carbons (Fsp3) is 0.400. The molecule has 0 aromatic carbocycles. The highest BCUT2D eigenvalue weighted by molar-refractivity contribution is 6.42. The third-order valence-corrected chi connectivity index (χ3v) is 2.88. The van der Waals surface area contributed by atoms with Crippen LogP contribution >= 0.6 is 23.2 Å². The van der Waals surface area contributed by atoms with Crippen molar-refractivity contribution in [2.75, 3.05) is 25.1 Å². The average Bonchev–Trinajstić information content (AvgIpc) is 2.35. The Balaban J connectivity index is 1.99. The van der Waals surface area contributed by atoms with E-state index in [0.29, 0.717) is 29.1 Å². The molecule has 7 heteroatoms. The molecule has 1 fully saturated rings. The Kier molecular flexibility index (Phi) is 4.17. The summed E-state index contributed by atoms with van der Waals surface area (Å²) >= 11 is 11.5. The number of aromatic nitrogens is 1. The van der Waals surface area contributed by atoms with Gasteiger partial charge in [0.2, 0.25) is 0 Å². The van der Waals surface area contributed by atoms with Crippen molar-refractivity contribution < 1.29 is 14.3 Å². The van der Waals surface area contributed by atoms with Crippen LogP contribution in [-0.4, -0.2) is 36.8 Å². The van der Waals surface area contributed by atoms with Crippen LogP contribution in [0.5, 0.6) is 0 Å². The van der Waals surface area contributed by atoms with E-state index in [0.717, 1.165) is 0 Å². The van der Waals surface area contributed by atoms with E-state index in [1.54, 1.807) is 0 Å². The molecular formula is C10H10Cl2N2O3. The number of pyridine rings is 1. The number of amides is 1. The molecular weight excluding hydrogens is 267 g/mol. The zero-order chi connectivity index (χ0) is 12.3. The molecule has 0 unspecified atom stereocenters. The van der Waals surface area contributed by atoms with Gasteiger partial charge in [-0.05, 0) is 0 Å². The highest BCUT2D eigenvalue weighted by Crippen LogP contribution is 2.22. The predicted octanol–water partition coefficient (Wildman–Crippen LogP) is 1.74. The number of nitrogens with zero attached hydrogens (tertiary/aromatic N) is 1. The second kappa shape index (κ2) is 5.64. The zero-order valence-corrected chi connectivity index (χ0v) is 10.3.